The van der Waals surface area contributed by atoms with Crippen molar-refractivity contribution in [3.05, 3.63) is 16.1 Å². The lowest BCUT2D eigenvalue weighted by Gasteiger charge is -2.34. The number of hydrogen-bond acceptors (Lipinski definition) is 3. The van der Waals surface area contributed by atoms with Crippen LogP contribution in [0.25, 0.3) is 0 Å². The predicted octanol–water partition coefficient (Wildman–Crippen LogP) is 3.76. The van der Waals surface area contributed by atoms with Crippen LogP contribution in [0.15, 0.2) is 5.38 Å². The van der Waals surface area contributed by atoms with E-state index in [4.69, 9.17) is 11.6 Å². The molecular formula is C15H23ClN2OS. The summed E-state index contributed by atoms with van der Waals surface area (Å²) in [6.45, 7) is 4.51. The fourth-order valence-corrected chi connectivity index (χ4v) is 4.04. The number of carbonyl (C=O) groups is 1. The van der Waals surface area contributed by atoms with Gasteiger partial charge in [-0.25, -0.2) is 4.98 Å². The topological polar surface area (TPSA) is 42.0 Å². The molecule has 2 rings (SSSR count). The van der Waals surface area contributed by atoms with Crippen LogP contribution in [-0.4, -0.2) is 16.9 Å². The van der Waals surface area contributed by atoms with Crippen molar-refractivity contribution in [3.8, 4) is 0 Å². The first-order valence-electron chi connectivity index (χ1n) is 7.38. The van der Waals surface area contributed by atoms with Gasteiger partial charge >= 0.3 is 0 Å². The number of alkyl halides is 1. The second kappa shape index (κ2) is 7.41. The molecule has 1 aliphatic rings. The standard InChI is InChI=1S/C15H23ClN2OS/c1-10(2)12-5-3-4-6-13(12)18-14(19)7-15-17-11(8-16)9-20-15/h9-10,12-13H,3-8H2,1-2H3,(H,18,19). The highest BCUT2D eigenvalue weighted by molar-refractivity contribution is 7.09. The van der Waals surface area contributed by atoms with Crippen LogP contribution in [0.5, 0.6) is 0 Å². The second-order valence-electron chi connectivity index (χ2n) is 5.91. The smallest absolute Gasteiger partial charge is 0.227 e. The molecule has 1 saturated carbocycles. The largest absolute Gasteiger partial charge is 0.353 e. The molecule has 2 unspecified atom stereocenters. The lowest BCUT2D eigenvalue weighted by molar-refractivity contribution is -0.121. The molecule has 1 fully saturated rings. The average molecular weight is 315 g/mol. The van der Waals surface area contributed by atoms with E-state index in [-0.39, 0.29) is 5.91 Å². The van der Waals surface area contributed by atoms with E-state index in [1.54, 1.807) is 0 Å². The van der Waals surface area contributed by atoms with Crippen LogP contribution >= 0.6 is 22.9 Å². The summed E-state index contributed by atoms with van der Waals surface area (Å²) < 4.78 is 0. The molecule has 0 aliphatic heterocycles. The van der Waals surface area contributed by atoms with Crippen LogP contribution in [0.3, 0.4) is 0 Å². The van der Waals surface area contributed by atoms with Gasteiger partial charge in [0.25, 0.3) is 0 Å². The molecule has 0 aromatic carbocycles. The van der Waals surface area contributed by atoms with Crippen LogP contribution in [0, 0.1) is 11.8 Å². The summed E-state index contributed by atoms with van der Waals surface area (Å²) in [5.41, 5.74) is 0.859. The molecule has 5 heteroatoms. The number of nitrogens with one attached hydrogen (secondary N) is 1. The SMILES string of the molecule is CC(C)C1CCCCC1NC(=O)Cc1nc(CCl)cs1. The van der Waals surface area contributed by atoms with Gasteiger partial charge in [0, 0.05) is 11.4 Å². The zero-order chi connectivity index (χ0) is 14.5. The highest BCUT2D eigenvalue weighted by Crippen LogP contribution is 2.30. The molecule has 20 heavy (non-hydrogen) atoms. The number of amides is 1. The minimum absolute atomic E-state index is 0.0954. The third-order valence-electron chi connectivity index (χ3n) is 4.07. The Labute approximate surface area is 130 Å². The zero-order valence-electron chi connectivity index (χ0n) is 12.2. The van der Waals surface area contributed by atoms with Crippen molar-refractivity contribution in [2.45, 2.75) is 57.9 Å². The molecule has 1 aliphatic carbocycles. The predicted molar refractivity (Wildman–Crippen MR) is 84.1 cm³/mol. The molecule has 112 valence electrons. The third-order valence-corrected chi connectivity index (χ3v) is 5.24. The molecule has 1 amide bonds. The van der Waals surface area contributed by atoms with Crippen molar-refractivity contribution in [2.24, 2.45) is 11.8 Å². The Bertz CT molecular complexity index is 447. The number of hydrogen-bond donors (Lipinski definition) is 1. The van der Waals surface area contributed by atoms with Gasteiger partial charge in [-0.1, -0.05) is 26.7 Å². The van der Waals surface area contributed by atoms with E-state index in [2.05, 4.69) is 24.1 Å². The van der Waals surface area contributed by atoms with Crippen LogP contribution in [0.4, 0.5) is 0 Å². The maximum absolute atomic E-state index is 12.2. The minimum Gasteiger partial charge on any atom is -0.353 e. The van der Waals surface area contributed by atoms with Gasteiger partial charge in [-0.3, -0.25) is 4.79 Å². The van der Waals surface area contributed by atoms with Crippen LogP contribution in [0.2, 0.25) is 0 Å². The lowest BCUT2D eigenvalue weighted by Crippen LogP contribution is -2.44. The summed E-state index contributed by atoms with van der Waals surface area (Å²) >= 11 is 7.25. The summed E-state index contributed by atoms with van der Waals surface area (Å²) in [6.07, 6.45) is 5.24. The van der Waals surface area contributed by atoms with Crippen molar-refractivity contribution in [2.75, 3.05) is 0 Å². The Morgan fingerprint density at radius 1 is 1.50 bits per heavy atom. The quantitative estimate of drug-likeness (QED) is 0.841. The summed E-state index contributed by atoms with van der Waals surface area (Å²) in [7, 11) is 0. The van der Waals surface area contributed by atoms with E-state index in [9.17, 15) is 4.79 Å². The van der Waals surface area contributed by atoms with E-state index in [1.807, 2.05) is 5.38 Å². The van der Waals surface area contributed by atoms with Gasteiger partial charge in [0.05, 0.1) is 18.0 Å². The summed E-state index contributed by atoms with van der Waals surface area (Å²) in [5.74, 6) is 1.75. The Morgan fingerprint density at radius 3 is 2.90 bits per heavy atom. The minimum atomic E-state index is 0.0954. The molecule has 2 atom stereocenters. The van der Waals surface area contributed by atoms with Crippen molar-refractivity contribution in [1.29, 1.82) is 0 Å². The summed E-state index contributed by atoms with van der Waals surface area (Å²) in [4.78, 5) is 16.5. The van der Waals surface area contributed by atoms with Gasteiger partial charge in [0.1, 0.15) is 5.01 Å². The van der Waals surface area contributed by atoms with E-state index in [1.165, 1.54) is 30.6 Å². The lowest BCUT2D eigenvalue weighted by atomic mass is 9.78. The third kappa shape index (κ3) is 4.19. The summed E-state index contributed by atoms with van der Waals surface area (Å²) in [6, 6.07) is 0.337. The molecule has 0 spiro atoms. The first kappa shape index (κ1) is 15.8. The van der Waals surface area contributed by atoms with Crippen molar-refractivity contribution in [1.82, 2.24) is 10.3 Å². The van der Waals surface area contributed by atoms with Gasteiger partial charge in [0.15, 0.2) is 0 Å². The molecule has 0 radical (unpaired) electrons. The van der Waals surface area contributed by atoms with Gasteiger partial charge in [-0.05, 0) is 24.7 Å². The van der Waals surface area contributed by atoms with Crippen molar-refractivity contribution < 1.29 is 4.79 Å². The number of halogens is 1. The normalized spacial score (nSPS) is 23.0. The van der Waals surface area contributed by atoms with E-state index >= 15 is 0 Å². The van der Waals surface area contributed by atoms with Crippen molar-refractivity contribution in [3.63, 3.8) is 0 Å². The van der Waals surface area contributed by atoms with E-state index in [0.717, 1.165) is 17.1 Å². The maximum atomic E-state index is 12.2. The van der Waals surface area contributed by atoms with Gasteiger partial charge in [0.2, 0.25) is 5.91 Å². The van der Waals surface area contributed by atoms with Crippen LogP contribution < -0.4 is 5.32 Å². The van der Waals surface area contributed by atoms with Crippen molar-refractivity contribution >= 4 is 28.8 Å². The molecule has 3 nitrogen and oxygen atoms in total. The van der Waals surface area contributed by atoms with Gasteiger partial charge in [-0.2, -0.15) is 0 Å². The Morgan fingerprint density at radius 2 is 2.25 bits per heavy atom. The van der Waals surface area contributed by atoms with E-state index < -0.39 is 0 Å². The number of rotatable bonds is 5. The molecule has 1 heterocycles. The zero-order valence-corrected chi connectivity index (χ0v) is 13.8. The number of carbonyl (C=O) groups excluding carboxylic acids is 1. The average Bonchev–Trinajstić information content (AvgIpc) is 2.86. The maximum Gasteiger partial charge on any atom is 0.227 e. The fraction of sp³-hybridized carbons (Fsp3) is 0.733. The first-order valence-corrected chi connectivity index (χ1v) is 8.80. The highest BCUT2D eigenvalue weighted by Gasteiger charge is 2.28. The van der Waals surface area contributed by atoms with E-state index in [0.29, 0.717) is 30.2 Å². The molecule has 1 N–H and O–H groups in total. The van der Waals surface area contributed by atoms with Gasteiger partial charge in [-0.15, -0.1) is 22.9 Å². The first-order chi connectivity index (χ1) is 9.60. The molecule has 0 bridgehead atoms. The fourth-order valence-electron chi connectivity index (χ4n) is 3.02. The number of nitrogens with zero attached hydrogens (tertiary/aromatic N) is 1. The Hall–Kier alpha value is -0.610. The number of aromatic nitrogens is 1. The second-order valence-corrected chi connectivity index (χ2v) is 7.12. The Kier molecular flexibility index (Phi) is 5.85. The number of thiazole rings is 1. The summed E-state index contributed by atoms with van der Waals surface area (Å²) in [5, 5.41) is 6.00. The Balaban J connectivity index is 1.89. The molecular weight excluding hydrogens is 292 g/mol. The molecule has 1 aromatic heterocycles. The van der Waals surface area contributed by atoms with Crippen LogP contribution in [0.1, 0.15) is 50.2 Å². The molecule has 0 saturated heterocycles. The molecule has 1 aromatic rings. The van der Waals surface area contributed by atoms with Gasteiger partial charge < -0.3 is 5.32 Å². The monoisotopic (exact) mass is 314 g/mol. The van der Waals surface area contributed by atoms with Crippen LogP contribution in [-0.2, 0) is 17.1 Å². The highest BCUT2D eigenvalue weighted by atomic mass is 35.5.